The van der Waals surface area contributed by atoms with Crippen molar-refractivity contribution >= 4 is 64.3 Å². The van der Waals surface area contributed by atoms with Crippen molar-refractivity contribution in [1.29, 1.82) is 0 Å². The molecule has 11 heteroatoms. The fourth-order valence-corrected chi connectivity index (χ4v) is 5.17. The van der Waals surface area contributed by atoms with Gasteiger partial charge in [0.05, 0.1) is 6.42 Å². The molecule has 7 nitrogen and oxygen atoms in total. The zero-order chi connectivity index (χ0) is 22.1. The molecule has 164 valence electrons. The van der Waals surface area contributed by atoms with Crippen molar-refractivity contribution in [2.24, 2.45) is 0 Å². The Morgan fingerprint density at radius 3 is 2.57 bits per heavy atom. The maximum atomic E-state index is 12.9. The number of hydrogen-bond acceptors (Lipinski definition) is 6. The van der Waals surface area contributed by atoms with E-state index in [9.17, 15) is 14.4 Å². The smallest absolute Gasteiger partial charge is 0.332 e. The average Bonchev–Trinajstić information content (AvgIpc) is 2.70. The van der Waals surface area contributed by atoms with Gasteiger partial charge in [0.15, 0.2) is 6.04 Å². The van der Waals surface area contributed by atoms with Crippen molar-refractivity contribution < 1.29 is 23.9 Å². The van der Waals surface area contributed by atoms with Gasteiger partial charge in [0.1, 0.15) is 23.6 Å². The summed E-state index contributed by atoms with van der Waals surface area (Å²) in [5.74, 6) is -0.961. The van der Waals surface area contributed by atoms with Gasteiger partial charge in [-0.3, -0.25) is 9.59 Å². The molecule has 1 aromatic rings. The predicted octanol–water partition coefficient (Wildman–Crippen LogP) is 2.32. The molecule has 2 aliphatic heterocycles. The largest absolute Gasteiger partial charge is 0.460 e. The van der Waals surface area contributed by atoms with E-state index in [2.05, 4.69) is 5.32 Å². The summed E-state index contributed by atoms with van der Waals surface area (Å²) >= 11 is 18.4. The molecular formula is C19H21Cl3N2O5S. The van der Waals surface area contributed by atoms with Crippen LogP contribution in [-0.2, 0) is 30.3 Å². The van der Waals surface area contributed by atoms with Gasteiger partial charge in [-0.05, 0) is 12.5 Å². The van der Waals surface area contributed by atoms with Crippen molar-refractivity contribution in [3.8, 4) is 0 Å². The van der Waals surface area contributed by atoms with Crippen LogP contribution in [0.3, 0.4) is 0 Å². The fraction of sp³-hybridized carbons (Fsp3) is 0.526. The number of methoxy groups -OCH3 is 1. The van der Waals surface area contributed by atoms with E-state index in [4.69, 9.17) is 44.3 Å². The molecule has 2 aliphatic rings. The highest BCUT2D eigenvalue weighted by molar-refractivity contribution is 8.00. The van der Waals surface area contributed by atoms with Crippen LogP contribution in [0.1, 0.15) is 12.5 Å². The highest BCUT2D eigenvalue weighted by atomic mass is 35.6. The number of thioether (sulfide) groups is 1. The quantitative estimate of drug-likeness (QED) is 0.370. The van der Waals surface area contributed by atoms with Crippen molar-refractivity contribution in [1.82, 2.24) is 10.2 Å². The molecule has 30 heavy (non-hydrogen) atoms. The van der Waals surface area contributed by atoms with Crippen LogP contribution >= 0.6 is 46.6 Å². The Hall–Kier alpha value is -1.19. The number of carbonyl (C=O) groups is 3. The molecule has 4 atom stereocenters. The number of fused-ring (bicyclic) bond motifs is 1. The maximum Gasteiger partial charge on any atom is 0.332 e. The van der Waals surface area contributed by atoms with Gasteiger partial charge < -0.3 is 19.7 Å². The number of carbonyl (C=O) groups excluding carboxylic acids is 3. The number of halogens is 3. The molecule has 0 bridgehead atoms. The summed E-state index contributed by atoms with van der Waals surface area (Å²) < 4.78 is 8.90. The molecule has 1 aromatic carbocycles. The van der Waals surface area contributed by atoms with E-state index >= 15 is 0 Å². The van der Waals surface area contributed by atoms with Crippen LogP contribution in [0, 0.1) is 0 Å². The Kier molecular flexibility index (Phi) is 7.14. The minimum Gasteiger partial charge on any atom is -0.460 e. The van der Waals surface area contributed by atoms with Crippen LogP contribution in [0.15, 0.2) is 30.3 Å². The van der Waals surface area contributed by atoms with Gasteiger partial charge in [-0.2, -0.15) is 0 Å². The Balaban J connectivity index is 1.69. The van der Waals surface area contributed by atoms with Gasteiger partial charge in [-0.15, -0.1) is 11.8 Å². The molecule has 2 amide bonds. The first-order valence-electron chi connectivity index (χ1n) is 9.11. The first-order valence-corrected chi connectivity index (χ1v) is 11.3. The number of benzene rings is 1. The Bertz CT molecular complexity index is 822. The van der Waals surface area contributed by atoms with Crippen molar-refractivity contribution in [3.05, 3.63) is 35.9 Å². The molecule has 0 spiro atoms. The fourth-order valence-electron chi connectivity index (χ4n) is 3.47. The SMILES string of the molecule is COC1(C)CS[C@@H]2C(NC(=O)Cc3ccccc3)C(=O)N2C1C(=O)OCC(Cl)(Cl)Cl. The van der Waals surface area contributed by atoms with Crippen LogP contribution in [0.5, 0.6) is 0 Å². The molecule has 0 saturated carbocycles. The first kappa shape index (κ1) is 23.5. The number of amides is 2. The second-order valence-electron chi connectivity index (χ2n) is 7.30. The lowest BCUT2D eigenvalue weighted by Gasteiger charge is -2.57. The Morgan fingerprint density at radius 1 is 1.30 bits per heavy atom. The lowest BCUT2D eigenvalue weighted by atomic mass is 9.91. The molecule has 0 radical (unpaired) electrons. The van der Waals surface area contributed by atoms with Crippen LogP contribution in [0.4, 0.5) is 0 Å². The van der Waals surface area contributed by atoms with Crippen molar-refractivity contribution in [3.63, 3.8) is 0 Å². The first-order chi connectivity index (χ1) is 14.1. The number of ether oxygens (including phenoxy) is 2. The summed E-state index contributed by atoms with van der Waals surface area (Å²) in [7, 11) is 1.46. The van der Waals surface area contributed by atoms with E-state index in [0.29, 0.717) is 5.75 Å². The topological polar surface area (TPSA) is 84.9 Å². The van der Waals surface area contributed by atoms with Gasteiger partial charge in [0, 0.05) is 12.9 Å². The van der Waals surface area contributed by atoms with Crippen LogP contribution < -0.4 is 5.32 Å². The monoisotopic (exact) mass is 494 g/mol. The van der Waals surface area contributed by atoms with E-state index in [1.54, 1.807) is 6.92 Å². The van der Waals surface area contributed by atoms with E-state index in [1.807, 2.05) is 30.3 Å². The minimum atomic E-state index is -1.77. The predicted molar refractivity (Wildman–Crippen MR) is 116 cm³/mol. The molecule has 2 saturated heterocycles. The molecule has 2 heterocycles. The number of nitrogens with zero attached hydrogens (tertiary/aromatic N) is 1. The maximum absolute atomic E-state index is 12.9. The molecule has 3 unspecified atom stereocenters. The zero-order valence-electron chi connectivity index (χ0n) is 16.3. The van der Waals surface area contributed by atoms with E-state index in [0.717, 1.165) is 5.56 Å². The second kappa shape index (κ2) is 9.12. The third kappa shape index (κ3) is 4.99. The van der Waals surface area contributed by atoms with Crippen molar-refractivity contribution in [2.45, 2.75) is 40.2 Å². The van der Waals surface area contributed by atoms with Gasteiger partial charge >= 0.3 is 5.97 Å². The summed E-state index contributed by atoms with van der Waals surface area (Å²) in [4.78, 5) is 39.4. The van der Waals surface area contributed by atoms with Gasteiger partial charge in [-0.25, -0.2) is 4.79 Å². The molecule has 1 N–H and O–H groups in total. The molecule has 3 rings (SSSR count). The van der Waals surface area contributed by atoms with Crippen LogP contribution in [0.25, 0.3) is 0 Å². The van der Waals surface area contributed by atoms with Gasteiger partial charge in [0.2, 0.25) is 15.6 Å². The summed E-state index contributed by atoms with van der Waals surface area (Å²) in [5.41, 5.74) is -0.143. The van der Waals surface area contributed by atoms with Crippen LogP contribution in [-0.4, -0.2) is 69.0 Å². The number of rotatable bonds is 6. The lowest BCUT2D eigenvalue weighted by Crippen LogP contribution is -2.79. The van der Waals surface area contributed by atoms with Gasteiger partial charge in [0.25, 0.3) is 0 Å². The second-order valence-corrected chi connectivity index (χ2v) is 10.9. The highest BCUT2D eigenvalue weighted by Gasteiger charge is 2.62. The normalized spacial score (nSPS) is 28.4. The zero-order valence-corrected chi connectivity index (χ0v) is 19.4. The molecular weight excluding hydrogens is 475 g/mol. The summed E-state index contributed by atoms with van der Waals surface area (Å²) in [6.07, 6.45) is 0.159. The summed E-state index contributed by atoms with van der Waals surface area (Å²) in [6, 6.07) is 7.48. The Morgan fingerprint density at radius 2 is 1.97 bits per heavy atom. The van der Waals surface area contributed by atoms with Crippen LogP contribution in [0.2, 0.25) is 0 Å². The third-order valence-electron chi connectivity index (χ3n) is 5.07. The molecule has 0 aliphatic carbocycles. The van der Waals surface area contributed by atoms with E-state index < -0.39 is 39.4 Å². The summed E-state index contributed by atoms with van der Waals surface area (Å²) in [6.45, 7) is 1.26. The van der Waals surface area contributed by atoms with Gasteiger partial charge in [-0.1, -0.05) is 65.1 Å². The average molecular weight is 496 g/mol. The summed E-state index contributed by atoms with van der Waals surface area (Å²) in [5, 5.41) is 2.36. The standard InChI is InChI=1S/C19H21Cl3N2O5S/c1-18(28-2)10-30-16-13(23-12(25)8-11-6-4-3-5-7-11)15(26)24(16)14(18)17(27)29-9-19(20,21)22/h3-7,13-14,16H,8-10H2,1-2H3,(H,23,25)/t13?,14?,16-,18?/m1/s1. The highest BCUT2D eigenvalue weighted by Crippen LogP contribution is 2.44. The minimum absolute atomic E-state index is 0.159. The van der Waals surface area contributed by atoms with Crippen molar-refractivity contribution in [2.75, 3.05) is 19.5 Å². The third-order valence-corrected chi connectivity index (χ3v) is 6.98. The number of β-lactam (4-membered cyclic amide) rings is 1. The molecule has 2 fully saturated rings. The van der Waals surface area contributed by atoms with E-state index in [1.165, 1.54) is 23.8 Å². The number of hydrogen-bond donors (Lipinski definition) is 1. The number of alkyl halides is 3. The van der Waals surface area contributed by atoms with E-state index in [-0.39, 0.29) is 18.2 Å². The Labute approximate surface area is 193 Å². The number of nitrogens with one attached hydrogen (secondary N) is 1. The molecule has 0 aromatic heterocycles. The number of esters is 1. The lowest BCUT2D eigenvalue weighted by molar-refractivity contribution is -0.180.